The van der Waals surface area contributed by atoms with Gasteiger partial charge < -0.3 is 4.74 Å². The van der Waals surface area contributed by atoms with Crippen molar-refractivity contribution in [2.24, 2.45) is 0 Å². The Labute approximate surface area is 101 Å². The summed E-state index contributed by atoms with van der Waals surface area (Å²) >= 11 is 1.75. The molecule has 16 heavy (non-hydrogen) atoms. The predicted molar refractivity (Wildman–Crippen MR) is 66.5 cm³/mol. The summed E-state index contributed by atoms with van der Waals surface area (Å²) in [6.07, 6.45) is 0.454. The summed E-state index contributed by atoms with van der Waals surface area (Å²) in [4.78, 5) is 14.8. The highest BCUT2D eigenvalue weighted by Gasteiger charge is 2.16. The Bertz CT molecular complexity index is 311. The van der Waals surface area contributed by atoms with Gasteiger partial charge in [-0.25, -0.2) is 0 Å². The largest absolute Gasteiger partial charge is 0.469 e. The fourth-order valence-electron chi connectivity index (χ4n) is 1.64. The quantitative estimate of drug-likeness (QED) is 0.717. The average molecular weight is 241 g/mol. The molecule has 0 spiro atoms. The van der Waals surface area contributed by atoms with Gasteiger partial charge in [-0.3, -0.25) is 9.69 Å². The Morgan fingerprint density at radius 3 is 2.88 bits per heavy atom. The number of rotatable bonds is 6. The van der Waals surface area contributed by atoms with Gasteiger partial charge in [0.15, 0.2) is 0 Å². The molecule has 90 valence electrons. The SMILES string of the molecule is CCN(Cc1cccs1)C(C)CC(=O)OC. The zero-order valence-electron chi connectivity index (χ0n) is 10.1. The summed E-state index contributed by atoms with van der Waals surface area (Å²) in [6.45, 7) is 6.03. The van der Waals surface area contributed by atoms with Crippen molar-refractivity contribution in [2.45, 2.75) is 32.9 Å². The van der Waals surface area contributed by atoms with Crippen molar-refractivity contribution in [1.29, 1.82) is 0 Å². The van der Waals surface area contributed by atoms with Gasteiger partial charge in [0.2, 0.25) is 0 Å². The molecule has 0 bridgehead atoms. The van der Waals surface area contributed by atoms with E-state index in [1.165, 1.54) is 12.0 Å². The van der Waals surface area contributed by atoms with Crippen LogP contribution in [0.4, 0.5) is 0 Å². The first-order valence-corrected chi connectivity index (χ1v) is 6.38. The number of ether oxygens (including phenoxy) is 1. The van der Waals surface area contributed by atoms with E-state index in [0.29, 0.717) is 6.42 Å². The Morgan fingerprint density at radius 2 is 2.38 bits per heavy atom. The number of thiophene rings is 1. The van der Waals surface area contributed by atoms with Crippen LogP contribution in [0.15, 0.2) is 17.5 Å². The van der Waals surface area contributed by atoms with Gasteiger partial charge in [-0.1, -0.05) is 13.0 Å². The third-order valence-corrected chi connectivity index (χ3v) is 3.52. The molecule has 0 N–H and O–H groups in total. The molecule has 1 rings (SSSR count). The lowest BCUT2D eigenvalue weighted by atomic mass is 10.2. The second kappa shape index (κ2) is 6.66. The number of nitrogens with zero attached hydrogens (tertiary/aromatic N) is 1. The van der Waals surface area contributed by atoms with Gasteiger partial charge in [-0.05, 0) is 24.9 Å². The highest BCUT2D eigenvalue weighted by atomic mass is 32.1. The number of hydrogen-bond acceptors (Lipinski definition) is 4. The molecule has 1 aromatic heterocycles. The smallest absolute Gasteiger partial charge is 0.307 e. The minimum Gasteiger partial charge on any atom is -0.469 e. The Morgan fingerprint density at radius 1 is 1.62 bits per heavy atom. The zero-order chi connectivity index (χ0) is 12.0. The third-order valence-electron chi connectivity index (χ3n) is 2.66. The van der Waals surface area contributed by atoms with Crippen LogP contribution in [0.25, 0.3) is 0 Å². The molecule has 0 aliphatic carbocycles. The van der Waals surface area contributed by atoms with Crippen molar-refractivity contribution in [3.8, 4) is 0 Å². The van der Waals surface area contributed by atoms with Crippen molar-refractivity contribution in [1.82, 2.24) is 4.90 Å². The molecular formula is C12H19NO2S. The van der Waals surface area contributed by atoms with Crippen LogP contribution in [0, 0.1) is 0 Å². The fourth-order valence-corrected chi connectivity index (χ4v) is 2.37. The van der Waals surface area contributed by atoms with E-state index in [-0.39, 0.29) is 12.0 Å². The molecular weight excluding hydrogens is 222 g/mol. The number of esters is 1. The lowest BCUT2D eigenvalue weighted by molar-refractivity contribution is -0.141. The lowest BCUT2D eigenvalue weighted by Crippen LogP contribution is -2.34. The van der Waals surface area contributed by atoms with Crippen molar-refractivity contribution in [3.63, 3.8) is 0 Å². The van der Waals surface area contributed by atoms with Crippen molar-refractivity contribution in [2.75, 3.05) is 13.7 Å². The molecule has 1 unspecified atom stereocenters. The Balaban J connectivity index is 2.50. The monoisotopic (exact) mass is 241 g/mol. The second-order valence-electron chi connectivity index (χ2n) is 3.77. The third kappa shape index (κ3) is 3.94. The maximum Gasteiger partial charge on any atom is 0.307 e. The van der Waals surface area contributed by atoms with Gasteiger partial charge in [0.05, 0.1) is 13.5 Å². The van der Waals surface area contributed by atoms with E-state index in [1.807, 2.05) is 0 Å². The van der Waals surface area contributed by atoms with Crippen LogP contribution in [-0.2, 0) is 16.1 Å². The molecule has 0 aromatic carbocycles. The second-order valence-corrected chi connectivity index (χ2v) is 4.80. The highest BCUT2D eigenvalue weighted by Crippen LogP contribution is 2.15. The van der Waals surface area contributed by atoms with Crippen LogP contribution < -0.4 is 0 Å². The summed E-state index contributed by atoms with van der Waals surface area (Å²) in [5, 5.41) is 2.08. The molecule has 1 heterocycles. The molecule has 0 aliphatic rings. The Hall–Kier alpha value is -0.870. The molecule has 3 nitrogen and oxygen atoms in total. The molecule has 0 saturated heterocycles. The standard InChI is InChI=1S/C12H19NO2S/c1-4-13(9-11-6-5-7-16-11)10(2)8-12(14)15-3/h5-7,10H,4,8-9H2,1-3H3. The molecule has 0 aliphatic heterocycles. The minimum atomic E-state index is -0.142. The van der Waals surface area contributed by atoms with Crippen LogP contribution in [0.1, 0.15) is 25.1 Å². The number of methoxy groups -OCH3 is 1. The summed E-state index contributed by atoms with van der Waals surface area (Å²) in [5.74, 6) is -0.142. The molecule has 0 radical (unpaired) electrons. The molecule has 0 fully saturated rings. The maximum atomic E-state index is 11.2. The number of hydrogen-bond donors (Lipinski definition) is 0. The van der Waals surface area contributed by atoms with E-state index >= 15 is 0 Å². The van der Waals surface area contributed by atoms with Crippen LogP contribution in [0.2, 0.25) is 0 Å². The van der Waals surface area contributed by atoms with Gasteiger partial charge in [-0.15, -0.1) is 11.3 Å². The first-order valence-electron chi connectivity index (χ1n) is 5.50. The van der Waals surface area contributed by atoms with Crippen LogP contribution in [-0.4, -0.2) is 30.6 Å². The van der Waals surface area contributed by atoms with Gasteiger partial charge in [-0.2, -0.15) is 0 Å². The first kappa shape index (κ1) is 13.2. The van der Waals surface area contributed by atoms with E-state index < -0.39 is 0 Å². The molecule has 4 heteroatoms. The molecule has 1 aromatic rings. The summed E-state index contributed by atoms with van der Waals surface area (Å²) < 4.78 is 4.69. The minimum absolute atomic E-state index is 0.142. The summed E-state index contributed by atoms with van der Waals surface area (Å²) in [6, 6.07) is 4.40. The van der Waals surface area contributed by atoms with Gasteiger partial charge in [0.25, 0.3) is 0 Å². The van der Waals surface area contributed by atoms with Crippen LogP contribution in [0.5, 0.6) is 0 Å². The maximum absolute atomic E-state index is 11.2. The molecule has 1 atom stereocenters. The number of carbonyl (C=O) groups is 1. The van der Waals surface area contributed by atoms with E-state index in [9.17, 15) is 4.79 Å². The predicted octanol–water partition coefficient (Wildman–Crippen LogP) is 2.52. The van der Waals surface area contributed by atoms with E-state index in [1.54, 1.807) is 11.3 Å². The van der Waals surface area contributed by atoms with Crippen molar-refractivity contribution in [3.05, 3.63) is 22.4 Å². The van der Waals surface area contributed by atoms with E-state index in [2.05, 4.69) is 41.0 Å². The zero-order valence-corrected chi connectivity index (χ0v) is 10.9. The van der Waals surface area contributed by atoms with Crippen LogP contribution >= 0.6 is 11.3 Å². The lowest BCUT2D eigenvalue weighted by Gasteiger charge is -2.26. The van der Waals surface area contributed by atoms with Gasteiger partial charge >= 0.3 is 5.97 Å². The normalized spacial score (nSPS) is 12.8. The first-order chi connectivity index (χ1) is 7.67. The topological polar surface area (TPSA) is 29.5 Å². The van der Waals surface area contributed by atoms with E-state index in [0.717, 1.165) is 13.1 Å². The van der Waals surface area contributed by atoms with Gasteiger partial charge in [0, 0.05) is 17.5 Å². The summed E-state index contributed by atoms with van der Waals surface area (Å²) in [5.41, 5.74) is 0. The number of carbonyl (C=O) groups excluding carboxylic acids is 1. The van der Waals surface area contributed by atoms with Crippen molar-refractivity contribution < 1.29 is 9.53 Å². The Kier molecular flexibility index (Phi) is 5.49. The molecule has 0 amide bonds. The average Bonchev–Trinajstić information content (AvgIpc) is 2.78. The van der Waals surface area contributed by atoms with Gasteiger partial charge in [0.1, 0.15) is 0 Å². The fraction of sp³-hybridized carbons (Fsp3) is 0.583. The van der Waals surface area contributed by atoms with E-state index in [4.69, 9.17) is 0 Å². The van der Waals surface area contributed by atoms with Crippen LogP contribution in [0.3, 0.4) is 0 Å². The van der Waals surface area contributed by atoms with Crippen molar-refractivity contribution >= 4 is 17.3 Å². The molecule has 0 saturated carbocycles. The summed E-state index contributed by atoms with van der Waals surface area (Å²) in [7, 11) is 1.44. The highest BCUT2D eigenvalue weighted by molar-refractivity contribution is 7.09.